The molecule has 1 heterocycles. The number of rotatable bonds is 6. The van der Waals surface area contributed by atoms with Gasteiger partial charge < -0.3 is 14.8 Å². The fourth-order valence-electron chi connectivity index (χ4n) is 1.83. The third-order valence-corrected chi connectivity index (χ3v) is 2.78. The molecule has 2 aromatic rings. The van der Waals surface area contributed by atoms with Crippen LogP contribution in [-0.2, 0) is 11.3 Å². The maximum Gasteiger partial charge on any atom is 0.420 e. The van der Waals surface area contributed by atoms with Crippen LogP contribution in [0.3, 0.4) is 0 Å². The number of fused-ring (bicyclic) bond motifs is 1. The van der Waals surface area contributed by atoms with Gasteiger partial charge in [-0.2, -0.15) is 0 Å². The van der Waals surface area contributed by atoms with Crippen LogP contribution in [0.2, 0.25) is 0 Å². The van der Waals surface area contributed by atoms with Crippen molar-refractivity contribution in [1.82, 2.24) is 9.88 Å². The molecule has 0 fully saturated rings. The Balaban J connectivity index is 2.03. The van der Waals surface area contributed by atoms with Gasteiger partial charge in [-0.15, -0.1) is 0 Å². The van der Waals surface area contributed by atoms with E-state index in [0.717, 1.165) is 0 Å². The molecule has 0 aliphatic heterocycles. The van der Waals surface area contributed by atoms with Crippen LogP contribution in [0.1, 0.15) is 12.8 Å². The summed E-state index contributed by atoms with van der Waals surface area (Å²) in [6.45, 7) is 0.542. The molecule has 0 saturated heterocycles. The zero-order valence-corrected chi connectivity index (χ0v) is 10.5. The average molecular weight is 264 g/mol. The summed E-state index contributed by atoms with van der Waals surface area (Å²) >= 11 is 0. The van der Waals surface area contributed by atoms with Gasteiger partial charge in [0, 0.05) is 13.2 Å². The highest BCUT2D eigenvalue weighted by atomic mass is 16.4. The second-order valence-electron chi connectivity index (χ2n) is 4.20. The van der Waals surface area contributed by atoms with Gasteiger partial charge in [-0.1, -0.05) is 12.1 Å². The molecule has 0 bridgehead atoms. The summed E-state index contributed by atoms with van der Waals surface area (Å²) in [6.07, 6.45) is 1.36. The van der Waals surface area contributed by atoms with E-state index in [1.807, 2.05) is 0 Å². The fourth-order valence-corrected chi connectivity index (χ4v) is 1.83. The number of aliphatic hydroxyl groups is 1. The molecule has 2 rings (SSSR count). The van der Waals surface area contributed by atoms with Gasteiger partial charge in [0.2, 0.25) is 5.91 Å². The number of nitrogens with one attached hydrogen (secondary N) is 1. The highest BCUT2D eigenvalue weighted by Gasteiger charge is 2.11. The summed E-state index contributed by atoms with van der Waals surface area (Å²) in [7, 11) is 0. The first-order chi connectivity index (χ1) is 9.22. The maximum absolute atomic E-state index is 11.7. The Morgan fingerprint density at radius 3 is 2.89 bits per heavy atom. The van der Waals surface area contributed by atoms with Crippen LogP contribution in [0.25, 0.3) is 11.1 Å². The number of hydrogen-bond donors (Lipinski definition) is 2. The van der Waals surface area contributed by atoms with Crippen LogP contribution < -0.4 is 11.1 Å². The molecular weight excluding hydrogens is 248 g/mol. The number of hydrogen-bond acceptors (Lipinski definition) is 4. The van der Waals surface area contributed by atoms with E-state index in [4.69, 9.17) is 9.52 Å². The minimum absolute atomic E-state index is 0.0605. The number of nitrogens with zero attached hydrogens (tertiary/aromatic N) is 1. The Bertz CT molecular complexity index is 614. The van der Waals surface area contributed by atoms with Crippen molar-refractivity contribution >= 4 is 17.0 Å². The lowest BCUT2D eigenvalue weighted by molar-refractivity contribution is -0.121. The smallest absolute Gasteiger partial charge is 0.408 e. The molecule has 6 nitrogen and oxygen atoms in total. The summed E-state index contributed by atoms with van der Waals surface area (Å²) in [5.74, 6) is -0.779. The van der Waals surface area contributed by atoms with E-state index in [1.54, 1.807) is 24.3 Å². The molecule has 0 atom stereocenters. The van der Waals surface area contributed by atoms with Crippen molar-refractivity contribution in [3.63, 3.8) is 0 Å². The van der Waals surface area contributed by atoms with Crippen LogP contribution in [0.5, 0.6) is 0 Å². The summed E-state index contributed by atoms with van der Waals surface area (Å²) < 4.78 is 6.34. The van der Waals surface area contributed by atoms with Gasteiger partial charge in [0.05, 0.1) is 5.52 Å². The first kappa shape index (κ1) is 13.4. The topological polar surface area (TPSA) is 84.5 Å². The third kappa shape index (κ3) is 3.23. The second kappa shape index (κ2) is 6.19. The Hall–Kier alpha value is -2.08. The van der Waals surface area contributed by atoms with Crippen molar-refractivity contribution in [3.05, 3.63) is 34.8 Å². The summed E-state index contributed by atoms with van der Waals surface area (Å²) in [4.78, 5) is 23.3. The maximum atomic E-state index is 11.7. The van der Waals surface area contributed by atoms with Gasteiger partial charge in [-0.05, 0) is 25.0 Å². The molecule has 0 spiro atoms. The third-order valence-electron chi connectivity index (χ3n) is 2.78. The molecule has 0 radical (unpaired) electrons. The van der Waals surface area contributed by atoms with Crippen molar-refractivity contribution in [3.8, 4) is 0 Å². The van der Waals surface area contributed by atoms with Crippen LogP contribution in [0.15, 0.2) is 33.5 Å². The van der Waals surface area contributed by atoms with Crippen LogP contribution >= 0.6 is 0 Å². The molecule has 1 aromatic heterocycles. The van der Waals surface area contributed by atoms with Crippen molar-refractivity contribution in [1.29, 1.82) is 0 Å². The first-order valence-electron chi connectivity index (χ1n) is 6.18. The van der Waals surface area contributed by atoms with Gasteiger partial charge in [-0.25, -0.2) is 4.79 Å². The summed E-state index contributed by atoms with van der Waals surface area (Å²) in [5.41, 5.74) is 1.08. The molecular formula is C13H16N2O4. The SMILES string of the molecule is O=C(Cn1c(=O)oc2ccccc21)NCCCCO. The largest absolute Gasteiger partial charge is 0.420 e. The van der Waals surface area contributed by atoms with Crippen molar-refractivity contribution in [2.45, 2.75) is 19.4 Å². The minimum atomic E-state index is -0.535. The number of benzene rings is 1. The molecule has 6 heteroatoms. The van der Waals surface area contributed by atoms with Gasteiger partial charge in [0.15, 0.2) is 5.58 Å². The molecule has 0 aliphatic rings. The lowest BCUT2D eigenvalue weighted by Crippen LogP contribution is -2.31. The predicted octanol–water partition coefficient (Wildman–Crippen LogP) is 0.483. The number of oxazole rings is 1. The van der Waals surface area contributed by atoms with E-state index in [9.17, 15) is 9.59 Å². The number of carbonyl (C=O) groups is 1. The van der Waals surface area contributed by atoms with Crippen LogP contribution in [0, 0.1) is 0 Å². The van der Waals surface area contributed by atoms with E-state index < -0.39 is 5.76 Å². The normalized spacial score (nSPS) is 10.8. The Labute approximate surface area is 109 Å². The van der Waals surface area contributed by atoms with Crippen molar-refractivity contribution < 1.29 is 14.3 Å². The molecule has 102 valence electrons. The number of para-hydroxylation sites is 2. The lowest BCUT2D eigenvalue weighted by atomic mass is 10.3. The Kier molecular flexibility index (Phi) is 4.35. The monoisotopic (exact) mass is 264 g/mol. The summed E-state index contributed by atoms with van der Waals surface area (Å²) in [6, 6.07) is 6.98. The molecule has 19 heavy (non-hydrogen) atoms. The standard InChI is InChI=1S/C13H16N2O4/c16-8-4-3-7-14-12(17)9-15-10-5-1-2-6-11(10)19-13(15)18/h1-2,5-6,16H,3-4,7-9H2,(H,14,17). The molecule has 1 amide bonds. The highest BCUT2D eigenvalue weighted by molar-refractivity contribution is 5.79. The predicted molar refractivity (Wildman–Crippen MR) is 69.8 cm³/mol. The Morgan fingerprint density at radius 1 is 1.32 bits per heavy atom. The van der Waals surface area contributed by atoms with Crippen molar-refractivity contribution in [2.24, 2.45) is 0 Å². The minimum Gasteiger partial charge on any atom is -0.408 e. The van der Waals surface area contributed by atoms with Gasteiger partial charge in [-0.3, -0.25) is 9.36 Å². The van der Waals surface area contributed by atoms with E-state index in [2.05, 4.69) is 5.32 Å². The number of carbonyl (C=O) groups excluding carboxylic acids is 1. The van der Waals surface area contributed by atoms with E-state index in [0.29, 0.717) is 30.5 Å². The van der Waals surface area contributed by atoms with Gasteiger partial charge >= 0.3 is 5.76 Å². The number of amides is 1. The van der Waals surface area contributed by atoms with E-state index in [-0.39, 0.29) is 19.1 Å². The van der Waals surface area contributed by atoms with E-state index >= 15 is 0 Å². The first-order valence-corrected chi connectivity index (χ1v) is 6.18. The quantitative estimate of drug-likeness (QED) is 0.743. The lowest BCUT2D eigenvalue weighted by Gasteiger charge is -2.04. The number of aliphatic hydroxyl groups excluding tert-OH is 1. The summed E-state index contributed by atoms with van der Waals surface area (Å²) in [5, 5.41) is 11.3. The number of unbranched alkanes of at least 4 members (excludes halogenated alkanes) is 1. The molecule has 0 saturated carbocycles. The van der Waals surface area contributed by atoms with Gasteiger partial charge in [0.25, 0.3) is 0 Å². The fraction of sp³-hybridized carbons (Fsp3) is 0.385. The van der Waals surface area contributed by atoms with Gasteiger partial charge in [0.1, 0.15) is 6.54 Å². The zero-order valence-electron chi connectivity index (χ0n) is 10.5. The average Bonchev–Trinajstić information content (AvgIpc) is 2.72. The zero-order chi connectivity index (χ0) is 13.7. The molecule has 0 unspecified atom stereocenters. The molecule has 1 aromatic carbocycles. The molecule has 2 N–H and O–H groups in total. The Morgan fingerprint density at radius 2 is 2.11 bits per heavy atom. The second-order valence-corrected chi connectivity index (χ2v) is 4.20. The molecule has 0 aliphatic carbocycles. The van der Waals surface area contributed by atoms with Crippen LogP contribution in [0.4, 0.5) is 0 Å². The highest BCUT2D eigenvalue weighted by Crippen LogP contribution is 2.11. The van der Waals surface area contributed by atoms with Crippen LogP contribution in [-0.4, -0.2) is 28.7 Å². The number of aromatic nitrogens is 1. The van der Waals surface area contributed by atoms with Crippen molar-refractivity contribution in [2.75, 3.05) is 13.2 Å². The van der Waals surface area contributed by atoms with E-state index in [1.165, 1.54) is 4.57 Å².